The van der Waals surface area contributed by atoms with Gasteiger partial charge in [0.2, 0.25) is 0 Å². The maximum Gasteiger partial charge on any atom is 0.0998 e. The van der Waals surface area contributed by atoms with E-state index in [1.165, 1.54) is 17.9 Å². The standard InChI is InChI=1S/C16H16N2S/c17-9-13-5-6-16(15-4-2-1-3-14(13)15)18-10-12-7-8-19-11-12/h1-6,12,18H,7-8,10-11H2. The molecule has 2 nitrogen and oxygen atoms in total. The molecule has 1 heterocycles. The van der Waals surface area contributed by atoms with Gasteiger partial charge in [-0.15, -0.1) is 0 Å². The van der Waals surface area contributed by atoms with Crippen molar-refractivity contribution >= 4 is 28.2 Å². The summed E-state index contributed by atoms with van der Waals surface area (Å²) in [6.45, 7) is 1.03. The third kappa shape index (κ3) is 2.54. The molecule has 1 aliphatic rings. The van der Waals surface area contributed by atoms with Crippen molar-refractivity contribution in [2.45, 2.75) is 6.42 Å². The molecule has 0 radical (unpaired) electrons. The van der Waals surface area contributed by atoms with E-state index in [1.807, 2.05) is 42.1 Å². The minimum absolute atomic E-state index is 0.748. The van der Waals surface area contributed by atoms with Crippen LogP contribution in [0.2, 0.25) is 0 Å². The Morgan fingerprint density at radius 2 is 2.05 bits per heavy atom. The van der Waals surface area contributed by atoms with Gasteiger partial charge in [-0.2, -0.15) is 17.0 Å². The second-order valence-corrected chi connectivity index (χ2v) is 6.08. The molecule has 0 amide bonds. The Labute approximate surface area is 117 Å². The maximum absolute atomic E-state index is 9.16. The van der Waals surface area contributed by atoms with Crippen LogP contribution >= 0.6 is 11.8 Å². The van der Waals surface area contributed by atoms with E-state index in [1.54, 1.807) is 0 Å². The molecule has 2 aromatic rings. The van der Waals surface area contributed by atoms with Gasteiger partial charge in [-0.05, 0) is 36.0 Å². The number of nitrogens with zero attached hydrogens (tertiary/aromatic N) is 1. The molecule has 0 bridgehead atoms. The molecule has 2 aromatic carbocycles. The summed E-state index contributed by atoms with van der Waals surface area (Å²) in [4.78, 5) is 0. The smallest absolute Gasteiger partial charge is 0.0998 e. The summed E-state index contributed by atoms with van der Waals surface area (Å²) in [6.07, 6.45) is 1.31. The third-order valence-electron chi connectivity index (χ3n) is 3.65. The largest absolute Gasteiger partial charge is 0.384 e. The van der Waals surface area contributed by atoms with E-state index in [0.29, 0.717) is 0 Å². The van der Waals surface area contributed by atoms with E-state index >= 15 is 0 Å². The molecule has 0 spiro atoms. The molecule has 0 aliphatic carbocycles. The number of hydrogen-bond donors (Lipinski definition) is 1. The second-order valence-electron chi connectivity index (χ2n) is 4.93. The van der Waals surface area contributed by atoms with Crippen LogP contribution in [-0.2, 0) is 0 Å². The Kier molecular flexibility index (Phi) is 3.61. The predicted molar refractivity (Wildman–Crippen MR) is 82.6 cm³/mol. The molecule has 3 heteroatoms. The van der Waals surface area contributed by atoms with Gasteiger partial charge in [0.25, 0.3) is 0 Å². The highest BCUT2D eigenvalue weighted by atomic mass is 32.2. The van der Waals surface area contributed by atoms with Crippen LogP contribution in [0.15, 0.2) is 36.4 Å². The number of hydrogen-bond acceptors (Lipinski definition) is 3. The first kappa shape index (κ1) is 12.4. The van der Waals surface area contributed by atoms with E-state index in [0.717, 1.165) is 34.5 Å². The topological polar surface area (TPSA) is 35.8 Å². The highest BCUT2D eigenvalue weighted by Gasteiger charge is 2.15. The Balaban J connectivity index is 1.89. The molecule has 96 valence electrons. The molecule has 1 saturated heterocycles. The van der Waals surface area contributed by atoms with E-state index < -0.39 is 0 Å². The third-order valence-corrected chi connectivity index (χ3v) is 4.88. The van der Waals surface area contributed by atoms with Crippen LogP contribution in [0.25, 0.3) is 10.8 Å². The molecule has 3 rings (SSSR count). The molecule has 1 unspecified atom stereocenters. The van der Waals surface area contributed by atoms with Crippen LogP contribution in [0.1, 0.15) is 12.0 Å². The van der Waals surface area contributed by atoms with Gasteiger partial charge in [0.1, 0.15) is 0 Å². The van der Waals surface area contributed by atoms with E-state index in [4.69, 9.17) is 5.26 Å². The quantitative estimate of drug-likeness (QED) is 0.917. The first-order valence-electron chi connectivity index (χ1n) is 6.62. The van der Waals surface area contributed by atoms with Crippen molar-refractivity contribution in [1.82, 2.24) is 0 Å². The Morgan fingerprint density at radius 1 is 1.21 bits per heavy atom. The van der Waals surface area contributed by atoms with Gasteiger partial charge >= 0.3 is 0 Å². The first-order chi connectivity index (χ1) is 9.38. The lowest BCUT2D eigenvalue weighted by Crippen LogP contribution is -2.13. The minimum Gasteiger partial charge on any atom is -0.384 e. The van der Waals surface area contributed by atoms with Crippen LogP contribution in [0.4, 0.5) is 5.69 Å². The lowest BCUT2D eigenvalue weighted by molar-refractivity contribution is 0.632. The zero-order chi connectivity index (χ0) is 13.1. The number of nitrogens with one attached hydrogen (secondary N) is 1. The van der Waals surface area contributed by atoms with Crippen molar-refractivity contribution in [3.63, 3.8) is 0 Å². The van der Waals surface area contributed by atoms with Gasteiger partial charge in [0.15, 0.2) is 0 Å². The Hall–Kier alpha value is -1.66. The number of thioether (sulfide) groups is 1. The molecule has 1 atom stereocenters. The highest BCUT2D eigenvalue weighted by molar-refractivity contribution is 7.99. The molecule has 19 heavy (non-hydrogen) atoms. The van der Waals surface area contributed by atoms with Crippen molar-refractivity contribution in [3.8, 4) is 6.07 Å². The zero-order valence-electron chi connectivity index (χ0n) is 10.7. The van der Waals surface area contributed by atoms with Gasteiger partial charge in [-0.1, -0.05) is 24.3 Å². The van der Waals surface area contributed by atoms with Crippen LogP contribution in [0.3, 0.4) is 0 Å². The minimum atomic E-state index is 0.748. The highest BCUT2D eigenvalue weighted by Crippen LogP contribution is 2.28. The van der Waals surface area contributed by atoms with Gasteiger partial charge in [0, 0.05) is 23.0 Å². The second kappa shape index (κ2) is 5.54. The van der Waals surface area contributed by atoms with Crippen molar-refractivity contribution in [1.29, 1.82) is 5.26 Å². The summed E-state index contributed by atoms with van der Waals surface area (Å²) in [5.74, 6) is 3.33. The summed E-state index contributed by atoms with van der Waals surface area (Å²) >= 11 is 2.04. The summed E-state index contributed by atoms with van der Waals surface area (Å²) in [5.41, 5.74) is 1.89. The number of anilines is 1. The van der Waals surface area contributed by atoms with Gasteiger partial charge in [-0.25, -0.2) is 0 Å². The summed E-state index contributed by atoms with van der Waals surface area (Å²) in [6, 6.07) is 14.3. The van der Waals surface area contributed by atoms with Crippen molar-refractivity contribution in [2.75, 3.05) is 23.4 Å². The number of benzene rings is 2. The molecule has 0 saturated carbocycles. The molecular formula is C16H16N2S. The average Bonchev–Trinajstić information content (AvgIpc) is 2.98. The van der Waals surface area contributed by atoms with Crippen molar-refractivity contribution < 1.29 is 0 Å². The fourth-order valence-electron chi connectivity index (χ4n) is 2.55. The first-order valence-corrected chi connectivity index (χ1v) is 7.77. The van der Waals surface area contributed by atoms with Crippen LogP contribution < -0.4 is 5.32 Å². The van der Waals surface area contributed by atoms with E-state index in [9.17, 15) is 0 Å². The number of nitriles is 1. The summed E-state index contributed by atoms with van der Waals surface area (Å²) < 4.78 is 0. The number of fused-ring (bicyclic) bond motifs is 1. The predicted octanol–water partition coefficient (Wildman–Crippen LogP) is 3.88. The molecule has 1 N–H and O–H groups in total. The van der Waals surface area contributed by atoms with Gasteiger partial charge < -0.3 is 5.32 Å². The van der Waals surface area contributed by atoms with Gasteiger partial charge in [-0.3, -0.25) is 0 Å². The van der Waals surface area contributed by atoms with Crippen molar-refractivity contribution in [3.05, 3.63) is 42.0 Å². The molecule has 1 aliphatic heterocycles. The number of rotatable bonds is 3. The van der Waals surface area contributed by atoms with Crippen LogP contribution in [-0.4, -0.2) is 18.1 Å². The molecule has 1 fully saturated rings. The van der Waals surface area contributed by atoms with Crippen LogP contribution in [0, 0.1) is 17.2 Å². The fraction of sp³-hybridized carbons (Fsp3) is 0.312. The Morgan fingerprint density at radius 3 is 2.79 bits per heavy atom. The lowest BCUT2D eigenvalue weighted by Gasteiger charge is -2.14. The molecular weight excluding hydrogens is 252 g/mol. The molecule has 0 aromatic heterocycles. The lowest BCUT2D eigenvalue weighted by atomic mass is 10.0. The zero-order valence-corrected chi connectivity index (χ0v) is 11.5. The van der Waals surface area contributed by atoms with E-state index in [2.05, 4.69) is 17.5 Å². The Bertz CT molecular complexity index is 624. The van der Waals surface area contributed by atoms with Crippen LogP contribution in [0.5, 0.6) is 0 Å². The van der Waals surface area contributed by atoms with E-state index in [-0.39, 0.29) is 0 Å². The van der Waals surface area contributed by atoms with Gasteiger partial charge in [0.05, 0.1) is 11.6 Å². The summed E-state index contributed by atoms with van der Waals surface area (Å²) in [5, 5.41) is 14.9. The normalized spacial score (nSPS) is 18.4. The van der Waals surface area contributed by atoms with Crippen molar-refractivity contribution in [2.24, 2.45) is 5.92 Å². The SMILES string of the molecule is N#Cc1ccc(NCC2CCSC2)c2ccccc12. The maximum atomic E-state index is 9.16. The average molecular weight is 268 g/mol. The fourth-order valence-corrected chi connectivity index (χ4v) is 3.83. The summed E-state index contributed by atoms with van der Waals surface area (Å²) in [7, 11) is 0. The monoisotopic (exact) mass is 268 g/mol.